The fourth-order valence-electron chi connectivity index (χ4n) is 4.78. The number of fused-ring (bicyclic) bond motifs is 1. The van der Waals surface area contributed by atoms with Crippen LogP contribution in [0, 0.1) is 29.9 Å². The number of carbonyl (C=O) groups is 1. The van der Waals surface area contributed by atoms with Crippen LogP contribution in [-0.4, -0.2) is 63.8 Å². The SMILES string of the molecule is C#C/C=C(/CC1C=CCC(C)N(Cc2nc3ncc(C(C)=O)cc3[nH]2)CC1)N=C(C)COc1ccc(F)cc1F.C1COC1.CC. The van der Waals surface area contributed by atoms with Crippen LogP contribution in [0.5, 0.6) is 5.75 Å². The minimum atomic E-state index is -0.759. The number of nitrogens with zero attached hydrogens (tertiary/aromatic N) is 4. The number of halogens is 2. The summed E-state index contributed by atoms with van der Waals surface area (Å²) in [5, 5.41) is 0. The first-order valence-electron chi connectivity index (χ1n) is 15.8. The Kier molecular flexibility index (Phi) is 14.7. The Bertz CT molecular complexity index is 1570. The maximum absolute atomic E-state index is 13.9. The third kappa shape index (κ3) is 11.3. The third-order valence-electron chi connectivity index (χ3n) is 7.41. The lowest BCUT2D eigenvalue weighted by atomic mass is 9.95. The molecule has 1 aromatic carbocycles. The average molecular weight is 634 g/mol. The number of hydrogen-bond acceptors (Lipinski definition) is 7. The minimum absolute atomic E-state index is 0.0323. The van der Waals surface area contributed by atoms with Gasteiger partial charge in [0, 0.05) is 48.9 Å². The topological polar surface area (TPSA) is 92.7 Å². The fourth-order valence-corrected chi connectivity index (χ4v) is 4.78. The monoisotopic (exact) mass is 633 g/mol. The molecule has 0 saturated carbocycles. The number of allylic oxidation sites excluding steroid dienone is 3. The van der Waals surface area contributed by atoms with Crippen molar-refractivity contribution in [2.45, 2.75) is 72.9 Å². The normalized spacial score (nSPS) is 18.6. The van der Waals surface area contributed by atoms with E-state index in [4.69, 9.17) is 15.9 Å². The van der Waals surface area contributed by atoms with E-state index in [0.717, 1.165) is 61.8 Å². The third-order valence-corrected chi connectivity index (χ3v) is 7.41. The molecule has 4 heterocycles. The van der Waals surface area contributed by atoms with Crippen LogP contribution in [0.2, 0.25) is 0 Å². The van der Waals surface area contributed by atoms with E-state index in [2.05, 4.69) is 49.8 Å². The molecule has 0 bridgehead atoms. The molecule has 2 unspecified atom stereocenters. The Labute approximate surface area is 271 Å². The molecule has 10 heteroatoms. The molecule has 8 nitrogen and oxygen atoms in total. The van der Waals surface area contributed by atoms with Crippen molar-refractivity contribution in [2.24, 2.45) is 10.9 Å². The molecule has 246 valence electrons. The lowest BCUT2D eigenvalue weighted by molar-refractivity contribution is 0.0367. The smallest absolute Gasteiger partial charge is 0.177 e. The number of aromatic nitrogens is 3. The van der Waals surface area contributed by atoms with Crippen molar-refractivity contribution >= 4 is 22.7 Å². The van der Waals surface area contributed by atoms with Crippen molar-refractivity contribution in [2.75, 3.05) is 26.4 Å². The van der Waals surface area contributed by atoms with Gasteiger partial charge in [0.2, 0.25) is 0 Å². The van der Waals surface area contributed by atoms with E-state index in [1.54, 1.807) is 25.3 Å². The standard InChI is InChI=1S/C31H33F2N5O2.C3H6O.C2H6/c1-5-7-26(35-20(2)19-40-29-11-10-25(32)16-27(29)33)14-23-9-6-8-21(3)38(13-12-23)18-30-36-28-15-24(22(4)39)17-34-31(28)37-30;1-2-4-3-1;1-2/h1,6-7,9-11,15-17,21,23H,8,12-14,18-19H2,2-4H3,(H,34,36,37);1-3H2;1-2H3/b9-6?,26-7-,35-20?;;. The van der Waals surface area contributed by atoms with Crippen molar-refractivity contribution in [3.63, 3.8) is 0 Å². The van der Waals surface area contributed by atoms with Gasteiger partial charge in [0.05, 0.1) is 17.8 Å². The van der Waals surface area contributed by atoms with Gasteiger partial charge in [0.1, 0.15) is 18.2 Å². The van der Waals surface area contributed by atoms with Crippen molar-refractivity contribution in [3.8, 4) is 18.1 Å². The van der Waals surface area contributed by atoms with Crippen molar-refractivity contribution in [1.82, 2.24) is 19.9 Å². The zero-order valence-corrected chi connectivity index (χ0v) is 27.5. The number of H-pyrrole nitrogens is 1. The van der Waals surface area contributed by atoms with Crippen LogP contribution in [0.1, 0.15) is 76.5 Å². The molecule has 1 N–H and O–H groups in total. The van der Waals surface area contributed by atoms with Crippen molar-refractivity contribution < 1.29 is 23.0 Å². The van der Waals surface area contributed by atoms with Crippen LogP contribution in [0.3, 0.4) is 0 Å². The van der Waals surface area contributed by atoms with Gasteiger partial charge in [-0.05, 0) is 77.1 Å². The van der Waals surface area contributed by atoms with E-state index in [9.17, 15) is 13.6 Å². The van der Waals surface area contributed by atoms with E-state index in [-0.39, 0.29) is 24.1 Å². The van der Waals surface area contributed by atoms with Crippen LogP contribution in [-0.2, 0) is 11.3 Å². The summed E-state index contributed by atoms with van der Waals surface area (Å²) in [7, 11) is 0. The van der Waals surface area contributed by atoms with Gasteiger partial charge in [-0.15, -0.1) is 6.42 Å². The van der Waals surface area contributed by atoms with E-state index in [1.165, 1.54) is 19.4 Å². The zero-order chi connectivity index (χ0) is 33.5. The van der Waals surface area contributed by atoms with Crippen molar-refractivity contribution in [1.29, 1.82) is 0 Å². The predicted molar refractivity (Wildman–Crippen MR) is 179 cm³/mol. The summed E-state index contributed by atoms with van der Waals surface area (Å²) in [6.45, 7) is 13.0. The highest BCUT2D eigenvalue weighted by atomic mass is 19.1. The number of terminal acetylenes is 1. The maximum Gasteiger partial charge on any atom is 0.177 e. The second kappa shape index (κ2) is 18.7. The average Bonchev–Trinajstić information content (AvgIpc) is 3.40. The van der Waals surface area contributed by atoms with Crippen LogP contribution in [0.15, 0.2) is 59.4 Å². The summed E-state index contributed by atoms with van der Waals surface area (Å²) >= 11 is 0. The first kappa shape index (κ1) is 36.3. The molecule has 0 aliphatic carbocycles. The van der Waals surface area contributed by atoms with E-state index >= 15 is 0 Å². The highest BCUT2D eigenvalue weighted by Gasteiger charge is 2.20. The lowest BCUT2D eigenvalue weighted by Gasteiger charge is -2.30. The Balaban J connectivity index is 0.000000874. The Morgan fingerprint density at radius 2 is 2.00 bits per heavy atom. The quantitative estimate of drug-likeness (QED) is 0.114. The number of rotatable bonds is 9. The lowest BCUT2D eigenvalue weighted by Crippen LogP contribution is -2.35. The summed E-state index contributed by atoms with van der Waals surface area (Å²) in [6.07, 6.45) is 16.9. The Morgan fingerprint density at radius 1 is 1.26 bits per heavy atom. The van der Waals surface area contributed by atoms with Gasteiger partial charge in [0.15, 0.2) is 23.0 Å². The minimum Gasteiger partial charge on any atom is -0.485 e. The number of Topliss-reactive ketones (excluding diaryl/α,β-unsaturated/α-hetero) is 1. The number of ketones is 1. The molecule has 1 fully saturated rings. The van der Waals surface area contributed by atoms with Gasteiger partial charge >= 0.3 is 0 Å². The summed E-state index contributed by atoms with van der Waals surface area (Å²) in [5.74, 6) is 2.11. The number of nitrogens with one attached hydrogen (secondary N) is 1. The second-order valence-corrected chi connectivity index (χ2v) is 11.0. The molecule has 0 radical (unpaired) electrons. The zero-order valence-electron chi connectivity index (χ0n) is 27.5. The number of pyridine rings is 1. The van der Waals surface area contributed by atoms with Crippen LogP contribution in [0.25, 0.3) is 11.2 Å². The largest absolute Gasteiger partial charge is 0.485 e. The molecule has 46 heavy (non-hydrogen) atoms. The van der Waals surface area contributed by atoms with Crippen LogP contribution < -0.4 is 4.74 Å². The molecule has 2 aromatic heterocycles. The van der Waals surface area contributed by atoms with E-state index in [0.29, 0.717) is 35.9 Å². The molecule has 2 atom stereocenters. The highest BCUT2D eigenvalue weighted by molar-refractivity contribution is 5.96. The molecule has 5 rings (SSSR count). The van der Waals surface area contributed by atoms with E-state index < -0.39 is 11.6 Å². The number of aliphatic imine (C=N–C) groups is 1. The first-order valence-corrected chi connectivity index (χ1v) is 15.8. The summed E-state index contributed by atoms with van der Waals surface area (Å²) in [5.41, 5.74) is 3.27. The number of hydrogen-bond donors (Lipinski definition) is 1. The van der Waals surface area contributed by atoms with Gasteiger partial charge in [-0.2, -0.15) is 0 Å². The Hall–Kier alpha value is -4.20. The Morgan fingerprint density at radius 3 is 2.65 bits per heavy atom. The van der Waals surface area contributed by atoms with Gasteiger partial charge in [-0.3, -0.25) is 14.7 Å². The number of ether oxygens (including phenoxy) is 2. The first-order chi connectivity index (χ1) is 22.2. The highest BCUT2D eigenvalue weighted by Crippen LogP contribution is 2.24. The van der Waals surface area contributed by atoms with Gasteiger partial charge in [0.25, 0.3) is 0 Å². The molecular weight excluding hydrogens is 588 g/mol. The fraction of sp³-hybridized carbons (Fsp3) is 0.444. The van der Waals surface area contributed by atoms with Gasteiger partial charge < -0.3 is 14.5 Å². The number of imidazole rings is 1. The van der Waals surface area contributed by atoms with Gasteiger partial charge in [-0.1, -0.05) is 31.9 Å². The van der Waals surface area contributed by atoms with E-state index in [1.807, 2.05) is 13.8 Å². The number of aromatic amines is 1. The van der Waals surface area contributed by atoms with Gasteiger partial charge in [-0.25, -0.2) is 18.7 Å². The van der Waals surface area contributed by atoms with Crippen LogP contribution >= 0.6 is 0 Å². The van der Waals surface area contributed by atoms with Crippen LogP contribution in [0.4, 0.5) is 8.78 Å². The molecule has 2 aliphatic heterocycles. The molecule has 0 amide bonds. The molecular formula is C36H45F2N5O3. The number of benzene rings is 1. The molecule has 2 aliphatic rings. The summed E-state index contributed by atoms with van der Waals surface area (Å²) in [6, 6.07) is 5.30. The molecule has 3 aromatic rings. The predicted octanol–water partition coefficient (Wildman–Crippen LogP) is 7.48. The number of carbonyl (C=O) groups excluding carboxylic acids is 1. The summed E-state index contributed by atoms with van der Waals surface area (Å²) in [4.78, 5) is 31.0. The molecule has 0 spiro atoms. The van der Waals surface area contributed by atoms with Crippen molar-refractivity contribution in [3.05, 3.63) is 77.4 Å². The molecule has 1 saturated heterocycles. The second-order valence-electron chi connectivity index (χ2n) is 11.0. The summed E-state index contributed by atoms with van der Waals surface area (Å²) < 4.78 is 37.2. The maximum atomic E-state index is 13.9.